The van der Waals surface area contributed by atoms with Gasteiger partial charge >= 0.3 is 6.03 Å². The number of halogens is 1. The molecule has 128 valence electrons. The lowest BCUT2D eigenvalue weighted by Crippen LogP contribution is -2.42. The number of rotatable bonds is 7. The molecule has 0 spiro atoms. The molecular formula is C20H25ClN2O. The maximum atomic E-state index is 11.9. The molecular weight excluding hydrogens is 320 g/mol. The predicted octanol–water partition coefficient (Wildman–Crippen LogP) is 4.55. The molecule has 0 fully saturated rings. The topological polar surface area (TPSA) is 41.1 Å². The van der Waals surface area contributed by atoms with Crippen LogP contribution in [0.4, 0.5) is 4.79 Å². The van der Waals surface area contributed by atoms with Crippen molar-refractivity contribution in [2.45, 2.75) is 32.1 Å². The zero-order valence-corrected chi connectivity index (χ0v) is 15.1. The van der Waals surface area contributed by atoms with E-state index in [0.29, 0.717) is 13.1 Å². The summed E-state index contributed by atoms with van der Waals surface area (Å²) in [6.07, 6.45) is 1.90. The van der Waals surface area contributed by atoms with Crippen LogP contribution in [-0.4, -0.2) is 19.1 Å². The molecule has 0 aliphatic heterocycles. The number of carbonyl (C=O) groups is 1. The Labute approximate surface area is 149 Å². The highest BCUT2D eigenvalue weighted by Crippen LogP contribution is 2.23. The van der Waals surface area contributed by atoms with E-state index in [2.05, 4.69) is 36.6 Å². The predicted molar refractivity (Wildman–Crippen MR) is 101 cm³/mol. The summed E-state index contributed by atoms with van der Waals surface area (Å²) in [7, 11) is 0. The van der Waals surface area contributed by atoms with Crippen LogP contribution in [0.5, 0.6) is 0 Å². The van der Waals surface area contributed by atoms with Gasteiger partial charge in [-0.2, -0.15) is 0 Å². The molecule has 4 heteroatoms. The highest BCUT2D eigenvalue weighted by atomic mass is 35.5. The maximum absolute atomic E-state index is 11.9. The second-order valence-electron chi connectivity index (χ2n) is 6.59. The summed E-state index contributed by atoms with van der Waals surface area (Å²) in [5, 5.41) is 6.59. The van der Waals surface area contributed by atoms with Crippen LogP contribution < -0.4 is 10.6 Å². The average Bonchev–Trinajstić information content (AvgIpc) is 2.58. The van der Waals surface area contributed by atoms with Gasteiger partial charge in [-0.25, -0.2) is 4.79 Å². The summed E-state index contributed by atoms with van der Waals surface area (Å²) in [5.41, 5.74) is 2.30. The van der Waals surface area contributed by atoms with E-state index < -0.39 is 0 Å². The summed E-state index contributed by atoms with van der Waals surface area (Å²) in [4.78, 5) is 11.9. The largest absolute Gasteiger partial charge is 0.338 e. The molecule has 0 aliphatic carbocycles. The van der Waals surface area contributed by atoms with E-state index >= 15 is 0 Å². The van der Waals surface area contributed by atoms with Gasteiger partial charge in [0.2, 0.25) is 0 Å². The van der Waals surface area contributed by atoms with Crippen LogP contribution in [0.15, 0.2) is 54.6 Å². The lowest BCUT2D eigenvalue weighted by Gasteiger charge is -2.25. The molecule has 0 atom stereocenters. The molecule has 0 heterocycles. The van der Waals surface area contributed by atoms with E-state index in [1.165, 1.54) is 5.56 Å². The molecule has 0 aliphatic rings. The fourth-order valence-electron chi connectivity index (χ4n) is 2.51. The monoisotopic (exact) mass is 344 g/mol. The van der Waals surface area contributed by atoms with Gasteiger partial charge in [-0.05, 0) is 36.1 Å². The van der Waals surface area contributed by atoms with Crippen molar-refractivity contribution in [3.8, 4) is 0 Å². The lowest BCUT2D eigenvalue weighted by atomic mass is 9.85. The number of urea groups is 1. The fraction of sp³-hybridized carbons (Fsp3) is 0.350. The van der Waals surface area contributed by atoms with Crippen molar-refractivity contribution in [2.75, 3.05) is 13.1 Å². The minimum atomic E-state index is -0.147. The Bertz CT molecular complexity index is 638. The third-order valence-electron chi connectivity index (χ3n) is 4.09. The summed E-state index contributed by atoms with van der Waals surface area (Å²) >= 11 is 5.92. The maximum Gasteiger partial charge on any atom is 0.314 e. The molecule has 0 bridgehead atoms. The molecule has 2 N–H and O–H groups in total. The molecule has 24 heavy (non-hydrogen) atoms. The van der Waals surface area contributed by atoms with E-state index in [0.717, 1.165) is 23.4 Å². The van der Waals surface area contributed by atoms with E-state index in [1.54, 1.807) is 0 Å². The van der Waals surface area contributed by atoms with Crippen molar-refractivity contribution in [3.63, 3.8) is 0 Å². The number of nitrogens with one attached hydrogen (secondary N) is 2. The highest BCUT2D eigenvalue weighted by molar-refractivity contribution is 6.30. The Morgan fingerprint density at radius 2 is 1.67 bits per heavy atom. The second kappa shape index (κ2) is 8.74. The van der Waals surface area contributed by atoms with Crippen molar-refractivity contribution in [3.05, 3.63) is 70.7 Å². The minimum absolute atomic E-state index is 0.120. The Balaban J connectivity index is 1.69. The first-order chi connectivity index (χ1) is 11.5. The number of carbonyl (C=O) groups excluding carboxylic acids is 1. The number of benzene rings is 2. The molecule has 0 saturated heterocycles. The Hall–Kier alpha value is -2.00. The van der Waals surface area contributed by atoms with Crippen LogP contribution >= 0.6 is 11.6 Å². The van der Waals surface area contributed by atoms with Crippen LogP contribution in [0.3, 0.4) is 0 Å². The van der Waals surface area contributed by atoms with E-state index in [1.807, 2.05) is 42.5 Å². The molecule has 2 amide bonds. The summed E-state index contributed by atoms with van der Waals surface area (Å²) in [5.74, 6) is 0. The molecule has 0 unspecified atom stereocenters. The Kier molecular flexibility index (Phi) is 6.68. The molecule has 0 saturated carbocycles. The third kappa shape index (κ3) is 5.89. The second-order valence-corrected chi connectivity index (χ2v) is 7.03. The highest BCUT2D eigenvalue weighted by Gasteiger charge is 2.21. The molecule has 2 rings (SSSR count). The van der Waals surface area contributed by atoms with Gasteiger partial charge in [-0.15, -0.1) is 0 Å². The zero-order valence-electron chi connectivity index (χ0n) is 14.3. The number of hydrogen-bond donors (Lipinski definition) is 2. The van der Waals surface area contributed by atoms with Gasteiger partial charge in [0, 0.05) is 23.5 Å². The van der Waals surface area contributed by atoms with Gasteiger partial charge in [-0.1, -0.05) is 67.9 Å². The van der Waals surface area contributed by atoms with Crippen LogP contribution in [0.2, 0.25) is 5.02 Å². The van der Waals surface area contributed by atoms with Gasteiger partial charge in [0.15, 0.2) is 0 Å². The SMILES string of the molecule is CC(C)(CNC(=O)NCCCc1ccccc1)c1ccc(Cl)cc1. The zero-order chi connectivity index (χ0) is 17.4. The van der Waals surface area contributed by atoms with Crippen molar-refractivity contribution >= 4 is 17.6 Å². The van der Waals surface area contributed by atoms with Gasteiger partial charge in [0.05, 0.1) is 0 Å². The molecule has 2 aromatic carbocycles. The first-order valence-corrected chi connectivity index (χ1v) is 8.67. The third-order valence-corrected chi connectivity index (χ3v) is 4.34. The van der Waals surface area contributed by atoms with Crippen molar-refractivity contribution in [1.29, 1.82) is 0 Å². The first kappa shape index (κ1) is 18.3. The first-order valence-electron chi connectivity index (χ1n) is 8.29. The van der Waals surface area contributed by atoms with Crippen LogP contribution in [0.25, 0.3) is 0 Å². The molecule has 3 nitrogen and oxygen atoms in total. The van der Waals surface area contributed by atoms with E-state index in [4.69, 9.17) is 11.6 Å². The van der Waals surface area contributed by atoms with Gasteiger partial charge in [-0.3, -0.25) is 0 Å². The number of hydrogen-bond acceptors (Lipinski definition) is 1. The van der Waals surface area contributed by atoms with E-state index in [9.17, 15) is 4.79 Å². The molecule has 0 radical (unpaired) electrons. The standard InChI is InChI=1S/C20H25ClN2O/c1-20(2,17-10-12-18(21)13-11-17)15-23-19(24)22-14-6-9-16-7-4-3-5-8-16/h3-5,7-8,10-13H,6,9,14-15H2,1-2H3,(H2,22,23,24). The quantitative estimate of drug-likeness (QED) is 0.711. The molecule has 2 aromatic rings. The van der Waals surface area contributed by atoms with Crippen LogP contribution in [-0.2, 0) is 11.8 Å². The normalized spacial score (nSPS) is 11.1. The minimum Gasteiger partial charge on any atom is -0.338 e. The summed E-state index contributed by atoms with van der Waals surface area (Å²) < 4.78 is 0. The van der Waals surface area contributed by atoms with Gasteiger partial charge in [0.25, 0.3) is 0 Å². The number of amides is 2. The molecule has 0 aromatic heterocycles. The smallest absolute Gasteiger partial charge is 0.314 e. The van der Waals surface area contributed by atoms with Crippen molar-refractivity contribution in [1.82, 2.24) is 10.6 Å². The number of aryl methyl sites for hydroxylation is 1. The summed E-state index contributed by atoms with van der Waals surface area (Å²) in [6.45, 7) is 5.44. The van der Waals surface area contributed by atoms with Gasteiger partial charge < -0.3 is 10.6 Å². The Morgan fingerprint density at radius 1 is 1.00 bits per heavy atom. The Morgan fingerprint density at radius 3 is 2.33 bits per heavy atom. The van der Waals surface area contributed by atoms with Gasteiger partial charge in [0.1, 0.15) is 0 Å². The van der Waals surface area contributed by atoms with Crippen molar-refractivity contribution in [2.24, 2.45) is 0 Å². The fourth-order valence-corrected chi connectivity index (χ4v) is 2.63. The van der Waals surface area contributed by atoms with Crippen LogP contribution in [0.1, 0.15) is 31.4 Å². The van der Waals surface area contributed by atoms with E-state index in [-0.39, 0.29) is 11.4 Å². The summed E-state index contributed by atoms with van der Waals surface area (Å²) in [6, 6.07) is 17.9. The lowest BCUT2D eigenvalue weighted by molar-refractivity contribution is 0.238. The van der Waals surface area contributed by atoms with Crippen molar-refractivity contribution < 1.29 is 4.79 Å². The van der Waals surface area contributed by atoms with Crippen LogP contribution in [0, 0.1) is 0 Å². The average molecular weight is 345 g/mol.